The summed E-state index contributed by atoms with van der Waals surface area (Å²) in [4.78, 5) is 2.83. The van der Waals surface area contributed by atoms with Crippen LogP contribution in [0.5, 0.6) is 0 Å². The third-order valence-corrected chi connectivity index (χ3v) is 8.38. The Morgan fingerprint density at radius 1 is 0.840 bits per heavy atom. The maximum Gasteiger partial charge on any atom is 0.0582 e. The van der Waals surface area contributed by atoms with E-state index in [0.29, 0.717) is 23.0 Å². The van der Waals surface area contributed by atoms with Gasteiger partial charge in [-0.25, -0.2) is 0 Å². The van der Waals surface area contributed by atoms with E-state index in [4.69, 9.17) is 4.74 Å². The van der Waals surface area contributed by atoms with Gasteiger partial charge in [-0.05, 0) is 86.0 Å². The van der Waals surface area contributed by atoms with Crippen LogP contribution >= 0.6 is 0 Å². The second-order valence-corrected chi connectivity index (χ2v) is 11.6. The van der Waals surface area contributed by atoms with E-state index in [-0.39, 0.29) is 0 Å². The Morgan fingerprint density at radius 2 is 1.40 bits per heavy atom. The Morgan fingerprint density at radius 3 is 1.92 bits per heavy atom. The number of piperidine rings is 1. The molecular formula is C23H41NO. The zero-order chi connectivity index (χ0) is 17.8. The third-order valence-electron chi connectivity index (χ3n) is 8.38. The van der Waals surface area contributed by atoms with Gasteiger partial charge >= 0.3 is 0 Å². The van der Waals surface area contributed by atoms with Gasteiger partial charge < -0.3 is 9.64 Å². The van der Waals surface area contributed by atoms with Gasteiger partial charge in [-0.15, -0.1) is 0 Å². The Labute approximate surface area is 156 Å². The first-order chi connectivity index (χ1) is 11.7. The second-order valence-electron chi connectivity index (χ2n) is 11.6. The van der Waals surface area contributed by atoms with E-state index >= 15 is 0 Å². The Balaban J connectivity index is 1.32. The van der Waals surface area contributed by atoms with Crippen LogP contribution in [0.25, 0.3) is 0 Å². The average molecular weight is 348 g/mol. The first-order valence-corrected chi connectivity index (χ1v) is 11.1. The fourth-order valence-corrected chi connectivity index (χ4v) is 7.06. The van der Waals surface area contributed by atoms with Crippen molar-refractivity contribution in [3.8, 4) is 0 Å². The minimum atomic E-state index is 0.477. The summed E-state index contributed by atoms with van der Waals surface area (Å²) in [5, 5.41) is 0. The van der Waals surface area contributed by atoms with E-state index in [2.05, 4.69) is 39.5 Å². The minimum absolute atomic E-state index is 0.477. The van der Waals surface area contributed by atoms with Crippen molar-refractivity contribution >= 4 is 0 Å². The topological polar surface area (TPSA) is 12.5 Å². The summed E-state index contributed by atoms with van der Waals surface area (Å²) >= 11 is 0. The molecule has 4 fully saturated rings. The van der Waals surface area contributed by atoms with Gasteiger partial charge in [0.2, 0.25) is 0 Å². The molecule has 4 rings (SSSR count). The van der Waals surface area contributed by atoms with Gasteiger partial charge in [-0.2, -0.15) is 0 Å². The first kappa shape index (κ1) is 18.3. The molecular weight excluding hydrogens is 306 g/mol. The molecule has 3 aliphatic heterocycles. The lowest BCUT2D eigenvalue weighted by Gasteiger charge is -2.46. The number of likely N-dealkylation sites (tertiary alicyclic amines) is 1. The summed E-state index contributed by atoms with van der Waals surface area (Å²) in [5.74, 6) is 3.76. The maximum absolute atomic E-state index is 6.09. The molecule has 0 spiro atoms. The van der Waals surface area contributed by atoms with E-state index in [1.807, 2.05) is 0 Å². The van der Waals surface area contributed by atoms with E-state index in [0.717, 1.165) is 23.7 Å². The zero-order valence-electron chi connectivity index (χ0n) is 17.4. The largest absolute Gasteiger partial charge is 0.375 e. The highest BCUT2D eigenvalue weighted by Gasteiger charge is 2.47. The summed E-state index contributed by atoms with van der Waals surface area (Å²) in [6.45, 7) is 16.6. The molecule has 25 heavy (non-hydrogen) atoms. The number of fused-ring (bicyclic) bond motifs is 4. The molecule has 1 aliphatic carbocycles. The minimum Gasteiger partial charge on any atom is -0.375 e. The lowest BCUT2D eigenvalue weighted by atomic mass is 9.68. The molecule has 0 aromatic carbocycles. The Bertz CT molecular complexity index is 453. The van der Waals surface area contributed by atoms with E-state index in [9.17, 15) is 0 Å². The van der Waals surface area contributed by atoms with E-state index in [1.165, 1.54) is 64.6 Å². The molecule has 4 bridgehead atoms. The Hall–Kier alpha value is -0.0800. The molecule has 4 aliphatic rings. The van der Waals surface area contributed by atoms with Crippen LogP contribution in [0.3, 0.4) is 0 Å². The second kappa shape index (κ2) is 6.51. The molecule has 0 radical (unpaired) electrons. The number of ether oxygens (including phenoxy) is 1. The highest BCUT2D eigenvalue weighted by molar-refractivity contribution is 4.98. The fraction of sp³-hybridized carbons (Fsp3) is 1.00. The van der Waals surface area contributed by atoms with Crippen LogP contribution in [0.2, 0.25) is 0 Å². The van der Waals surface area contributed by atoms with Gasteiger partial charge in [-0.1, -0.05) is 34.6 Å². The predicted octanol–water partition coefficient (Wildman–Crippen LogP) is 5.36. The summed E-state index contributed by atoms with van der Waals surface area (Å²) in [7, 11) is 0. The molecule has 2 nitrogen and oxygen atoms in total. The van der Waals surface area contributed by atoms with Gasteiger partial charge in [0, 0.05) is 13.1 Å². The van der Waals surface area contributed by atoms with Gasteiger partial charge in [-0.3, -0.25) is 0 Å². The molecule has 2 heteroatoms. The van der Waals surface area contributed by atoms with Gasteiger partial charge in [0.25, 0.3) is 0 Å². The fourth-order valence-electron chi connectivity index (χ4n) is 7.06. The SMILES string of the molecule is CC(C)(C)C1C2CCC1CN(CCC(C)(C)C1CC3CCC(C1)O3)C2. The van der Waals surface area contributed by atoms with Crippen molar-refractivity contribution in [2.45, 2.75) is 91.8 Å². The van der Waals surface area contributed by atoms with Crippen molar-refractivity contribution < 1.29 is 4.74 Å². The summed E-state index contributed by atoms with van der Waals surface area (Å²) in [6.07, 6.45) is 10.8. The zero-order valence-corrected chi connectivity index (χ0v) is 17.4. The molecule has 0 amide bonds. The molecule has 1 saturated carbocycles. The number of hydrogen-bond donors (Lipinski definition) is 0. The number of rotatable bonds is 4. The van der Waals surface area contributed by atoms with Crippen molar-refractivity contribution in [2.75, 3.05) is 19.6 Å². The maximum atomic E-state index is 6.09. The van der Waals surface area contributed by atoms with Crippen LogP contribution in [-0.2, 0) is 4.74 Å². The molecule has 4 atom stereocenters. The average Bonchev–Trinajstić information content (AvgIpc) is 3.01. The van der Waals surface area contributed by atoms with Gasteiger partial charge in [0.1, 0.15) is 0 Å². The van der Waals surface area contributed by atoms with Crippen molar-refractivity contribution in [3.05, 3.63) is 0 Å². The van der Waals surface area contributed by atoms with Crippen LogP contribution in [0.15, 0.2) is 0 Å². The van der Waals surface area contributed by atoms with Gasteiger partial charge in [0.05, 0.1) is 12.2 Å². The number of nitrogens with zero attached hydrogens (tertiary/aromatic N) is 1. The van der Waals surface area contributed by atoms with Crippen LogP contribution in [0.1, 0.15) is 79.6 Å². The molecule has 0 aromatic heterocycles. The summed E-state index contributed by atoms with van der Waals surface area (Å²) in [5.41, 5.74) is 0.975. The molecule has 0 aromatic rings. The summed E-state index contributed by atoms with van der Waals surface area (Å²) < 4.78 is 6.09. The predicted molar refractivity (Wildman–Crippen MR) is 105 cm³/mol. The third kappa shape index (κ3) is 3.68. The lowest BCUT2D eigenvalue weighted by molar-refractivity contribution is -0.0525. The van der Waals surface area contributed by atoms with Crippen molar-refractivity contribution in [2.24, 2.45) is 34.5 Å². The molecule has 3 heterocycles. The van der Waals surface area contributed by atoms with Crippen molar-refractivity contribution in [1.29, 1.82) is 0 Å². The number of hydrogen-bond acceptors (Lipinski definition) is 2. The molecule has 0 N–H and O–H groups in total. The quantitative estimate of drug-likeness (QED) is 0.678. The Kier molecular flexibility index (Phi) is 4.77. The molecule has 3 saturated heterocycles. The normalized spacial score (nSPS) is 42.1. The van der Waals surface area contributed by atoms with Gasteiger partial charge in [0.15, 0.2) is 0 Å². The highest BCUT2D eigenvalue weighted by Crippen LogP contribution is 2.51. The highest BCUT2D eigenvalue weighted by atomic mass is 16.5. The van der Waals surface area contributed by atoms with E-state index in [1.54, 1.807) is 0 Å². The lowest BCUT2D eigenvalue weighted by Crippen LogP contribution is -2.47. The molecule has 144 valence electrons. The van der Waals surface area contributed by atoms with Crippen LogP contribution in [0, 0.1) is 34.5 Å². The van der Waals surface area contributed by atoms with Crippen molar-refractivity contribution in [1.82, 2.24) is 4.90 Å². The van der Waals surface area contributed by atoms with Crippen LogP contribution < -0.4 is 0 Å². The van der Waals surface area contributed by atoms with Crippen LogP contribution in [-0.4, -0.2) is 36.7 Å². The van der Waals surface area contributed by atoms with Crippen LogP contribution in [0.4, 0.5) is 0 Å². The standard InChI is InChI=1S/C23H41NO/c1-22(2,3)21-16-6-7-17(21)15-24(14-16)11-10-23(4,5)18-12-19-8-9-20(13-18)25-19/h16-21H,6-15H2,1-5H3. The van der Waals surface area contributed by atoms with Crippen molar-refractivity contribution in [3.63, 3.8) is 0 Å². The monoisotopic (exact) mass is 347 g/mol. The van der Waals surface area contributed by atoms with E-state index < -0.39 is 0 Å². The molecule has 4 unspecified atom stereocenters. The smallest absolute Gasteiger partial charge is 0.0582 e. The summed E-state index contributed by atoms with van der Waals surface area (Å²) in [6, 6.07) is 0. The first-order valence-electron chi connectivity index (χ1n) is 11.1.